The second-order valence-electron chi connectivity index (χ2n) is 8.82. The number of aromatic nitrogens is 2. The number of rotatable bonds is 6. The van der Waals surface area contributed by atoms with Gasteiger partial charge in [-0.05, 0) is 19.1 Å². The molecule has 0 atom stereocenters. The van der Waals surface area contributed by atoms with Crippen LogP contribution in [0.5, 0.6) is 11.6 Å². The number of carbonyl (C=O) groups excluding carboxylic acids is 2. The lowest BCUT2D eigenvalue weighted by atomic mass is 9.68. The fraction of sp³-hybridized carbons (Fsp3) is 0.391. The molecular weight excluding hydrogens is 501 g/mol. The molecule has 190 valence electrons. The number of methoxy groups -OCH3 is 2. The van der Waals surface area contributed by atoms with Crippen molar-refractivity contribution in [1.29, 1.82) is 0 Å². The quantitative estimate of drug-likeness (QED) is 0.506. The molecule has 13 heteroatoms. The Morgan fingerprint density at radius 3 is 2.56 bits per heavy atom. The summed E-state index contributed by atoms with van der Waals surface area (Å²) in [6.45, 7) is 1.56. The number of amides is 2. The summed E-state index contributed by atoms with van der Waals surface area (Å²) in [4.78, 5) is 35.0. The van der Waals surface area contributed by atoms with Crippen LogP contribution < -0.4 is 20.1 Å². The zero-order valence-corrected chi connectivity index (χ0v) is 20.2. The number of anilines is 1. The average molecular weight is 523 g/mol. The summed E-state index contributed by atoms with van der Waals surface area (Å²) in [7, 11) is 2.79. The predicted octanol–water partition coefficient (Wildman–Crippen LogP) is 3.86. The van der Waals surface area contributed by atoms with Gasteiger partial charge in [0.2, 0.25) is 5.88 Å². The molecule has 1 aromatic carbocycles. The molecule has 2 N–H and O–H groups in total. The second kappa shape index (κ2) is 8.30. The van der Waals surface area contributed by atoms with Gasteiger partial charge in [-0.3, -0.25) is 9.59 Å². The number of nitrogens with zero attached hydrogens (tertiary/aromatic N) is 2. The van der Waals surface area contributed by atoms with Crippen molar-refractivity contribution in [1.82, 2.24) is 15.3 Å². The van der Waals surface area contributed by atoms with Crippen LogP contribution in [0.4, 0.5) is 18.9 Å². The standard InChI is InChI=1S/C23H21F3N4O5S/c1-11-28-13-4-5-15(33-2)17(18(13)36-11)20(32)29-14-7-27-16(34-3)6-12(14)19(31)30-21-8-22(9-21,35-10-21)23(24,25)26/h4-7H,8-10H2,1-3H3,(H,29,32)(H,30,31). The number of ether oxygens (including phenoxy) is 3. The summed E-state index contributed by atoms with van der Waals surface area (Å²) in [6.07, 6.45) is -4.02. The molecule has 4 heterocycles. The molecule has 2 saturated heterocycles. The number of hydrogen-bond donors (Lipinski definition) is 2. The highest BCUT2D eigenvalue weighted by Gasteiger charge is 2.74. The molecule has 0 unspecified atom stereocenters. The number of alkyl halides is 3. The van der Waals surface area contributed by atoms with Crippen molar-refractivity contribution < 1.29 is 37.0 Å². The first-order chi connectivity index (χ1) is 17.0. The van der Waals surface area contributed by atoms with E-state index in [-0.39, 0.29) is 42.1 Å². The van der Waals surface area contributed by atoms with Crippen molar-refractivity contribution in [3.63, 3.8) is 0 Å². The molecule has 1 saturated carbocycles. The lowest BCUT2D eigenvalue weighted by Crippen LogP contribution is -2.64. The van der Waals surface area contributed by atoms with Crippen molar-refractivity contribution >= 4 is 39.1 Å². The third-order valence-electron chi connectivity index (χ3n) is 6.42. The number of nitrogens with one attached hydrogen (secondary N) is 2. The first kappa shape index (κ1) is 24.3. The van der Waals surface area contributed by atoms with Gasteiger partial charge in [0.1, 0.15) is 11.3 Å². The molecule has 1 aliphatic carbocycles. The van der Waals surface area contributed by atoms with Crippen LogP contribution in [-0.2, 0) is 4.74 Å². The largest absolute Gasteiger partial charge is 0.496 e. The summed E-state index contributed by atoms with van der Waals surface area (Å²) in [5.41, 5.74) is -2.48. The van der Waals surface area contributed by atoms with E-state index < -0.39 is 29.1 Å². The zero-order valence-electron chi connectivity index (χ0n) is 19.4. The van der Waals surface area contributed by atoms with Crippen molar-refractivity contribution in [2.24, 2.45) is 0 Å². The molecule has 36 heavy (non-hydrogen) atoms. The van der Waals surface area contributed by atoms with Crippen molar-refractivity contribution in [3.8, 4) is 11.6 Å². The predicted molar refractivity (Wildman–Crippen MR) is 124 cm³/mol. The van der Waals surface area contributed by atoms with Gasteiger partial charge in [-0.2, -0.15) is 13.2 Å². The summed E-state index contributed by atoms with van der Waals surface area (Å²) >= 11 is 1.32. The molecule has 2 amide bonds. The van der Waals surface area contributed by atoms with Crippen LogP contribution in [0.1, 0.15) is 38.6 Å². The maximum Gasteiger partial charge on any atom is 0.417 e. The molecular formula is C23H21F3N4O5S. The van der Waals surface area contributed by atoms with Gasteiger partial charge in [0.25, 0.3) is 11.8 Å². The number of pyridine rings is 1. The van der Waals surface area contributed by atoms with Crippen molar-refractivity contribution in [2.45, 2.75) is 37.1 Å². The Balaban J connectivity index is 1.44. The van der Waals surface area contributed by atoms with Crippen LogP contribution in [0.2, 0.25) is 0 Å². The van der Waals surface area contributed by atoms with Crippen LogP contribution >= 0.6 is 11.3 Å². The van der Waals surface area contributed by atoms with E-state index in [1.54, 1.807) is 12.1 Å². The van der Waals surface area contributed by atoms with Crippen LogP contribution in [0.15, 0.2) is 24.4 Å². The summed E-state index contributed by atoms with van der Waals surface area (Å²) < 4.78 is 56.1. The molecule has 2 bridgehead atoms. The maximum atomic E-state index is 13.4. The topological polar surface area (TPSA) is 112 Å². The minimum atomic E-state index is -4.52. The molecule has 3 aromatic rings. The fourth-order valence-electron chi connectivity index (χ4n) is 4.73. The highest BCUT2D eigenvalue weighted by atomic mass is 32.1. The summed E-state index contributed by atoms with van der Waals surface area (Å²) in [5.74, 6) is -0.847. The van der Waals surface area contributed by atoms with E-state index in [2.05, 4.69) is 20.6 Å². The maximum absolute atomic E-state index is 13.4. The third-order valence-corrected chi connectivity index (χ3v) is 7.43. The molecule has 0 spiro atoms. The Morgan fingerprint density at radius 1 is 1.17 bits per heavy atom. The van der Waals surface area contributed by atoms with Crippen LogP contribution in [-0.4, -0.2) is 59.9 Å². The Labute approximate surface area is 207 Å². The van der Waals surface area contributed by atoms with E-state index in [1.807, 2.05) is 6.92 Å². The van der Waals surface area contributed by atoms with Crippen LogP contribution in [0.25, 0.3) is 10.2 Å². The normalized spacial score (nSPS) is 22.7. The number of benzene rings is 1. The molecule has 2 aromatic heterocycles. The number of hydrogen-bond acceptors (Lipinski definition) is 8. The van der Waals surface area contributed by atoms with Gasteiger partial charge in [0, 0.05) is 18.9 Å². The van der Waals surface area contributed by atoms with Crippen LogP contribution in [0, 0.1) is 6.92 Å². The van der Waals surface area contributed by atoms with Gasteiger partial charge in [0.15, 0.2) is 5.60 Å². The highest BCUT2D eigenvalue weighted by Crippen LogP contribution is 2.59. The van der Waals surface area contributed by atoms with Gasteiger partial charge in [-0.1, -0.05) is 0 Å². The average Bonchev–Trinajstić information content (AvgIpc) is 3.49. The van der Waals surface area contributed by atoms with Crippen molar-refractivity contribution in [3.05, 3.63) is 40.5 Å². The number of fused-ring (bicyclic) bond motifs is 2. The Morgan fingerprint density at radius 2 is 1.92 bits per heavy atom. The van der Waals surface area contributed by atoms with E-state index in [4.69, 9.17) is 14.2 Å². The highest BCUT2D eigenvalue weighted by molar-refractivity contribution is 7.19. The Kier molecular flexibility index (Phi) is 5.59. The molecule has 2 aliphatic heterocycles. The Bertz CT molecular complexity index is 1380. The molecule has 3 fully saturated rings. The van der Waals surface area contributed by atoms with Gasteiger partial charge < -0.3 is 24.8 Å². The lowest BCUT2D eigenvalue weighted by Gasteiger charge is -2.45. The van der Waals surface area contributed by atoms with Crippen LogP contribution in [0.3, 0.4) is 0 Å². The van der Waals surface area contributed by atoms with Gasteiger partial charge in [-0.25, -0.2) is 9.97 Å². The SMILES string of the molecule is COc1cc(C(=O)NC23COC(C(F)(F)F)(C2)C3)c(NC(=O)c2c(OC)ccc3nc(C)sc23)cn1. The van der Waals surface area contributed by atoms with E-state index in [9.17, 15) is 22.8 Å². The monoisotopic (exact) mass is 522 g/mol. The number of aryl methyl sites for hydroxylation is 1. The molecule has 9 nitrogen and oxygen atoms in total. The van der Waals surface area contributed by atoms with E-state index >= 15 is 0 Å². The van der Waals surface area contributed by atoms with E-state index in [0.29, 0.717) is 16.0 Å². The van der Waals surface area contributed by atoms with Crippen molar-refractivity contribution in [2.75, 3.05) is 26.1 Å². The number of thiazole rings is 1. The zero-order chi connectivity index (χ0) is 25.9. The first-order valence-electron chi connectivity index (χ1n) is 10.8. The smallest absolute Gasteiger partial charge is 0.417 e. The third kappa shape index (κ3) is 3.82. The molecule has 0 radical (unpaired) electrons. The lowest BCUT2D eigenvalue weighted by molar-refractivity contribution is -0.273. The number of halogens is 3. The van der Waals surface area contributed by atoms with E-state index in [1.165, 1.54) is 37.8 Å². The minimum absolute atomic E-state index is 0.0207. The minimum Gasteiger partial charge on any atom is -0.496 e. The van der Waals surface area contributed by atoms with E-state index in [0.717, 1.165) is 5.01 Å². The second-order valence-corrected chi connectivity index (χ2v) is 10.0. The molecule has 3 aliphatic rings. The fourth-order valence-corrected chi connectivity index (χ4v) is 5.68. The number of carbonyl (C=O) groups is 2. The van der Waals surface area contributed by atoms with Gasteiger partial charge in [0.05, 0.1) is 59.0 Å². The van der Waals surface area contributed by atoms with Gasteiger partial charge in [-0.15, -0.1) is 11.3 Å². The first-order valence-corrected chi connectivity index (χ1v) is 11.6. The van der Waals surface area contributed by atoms with Gasteiger partial charge >= 0.3 is 6.18 Å². The molecule has 6 rings (SSSR count). The Hall–Kier alpha value is -3.45. The summed E-state index contributed by atoms with van der Waals surface area (Å²) in [6, 6.07) is 4.67. The summed E-state index contributed by atoms with van der Waals surface area (Å²) in [5, 5.41) is 6.11.